The van der Waals surface area contributed by atoms with Gasteiger partial charge in [-0.2, -0.15) is 0 Å². The highest BCUT2D eigenvalue weighted by Gasteiger charge is 2.26. The highest BCUT2D eigenvalue weighted by molar-refractivity contribution is 5.78. The molecule has 0 bridgehead atoms. The smallest absolute Gasteiger partial charge is 0.223 e. The van der Waals surface area contributed by atoms with Gasteiger partial charge in [-0.05, 0) is 68.5 Å². The van der Waals surface area contributed by atoms with Crippen LogP contribution in [0.4, 0.5) is 0 Å². The average Bonchev–Trinajstić information content (AvgIpc) is 2.66. The zero-order valence-corrected chi connectivity index (χ0v) is 15.1. The summed E-state index contributed by atoms with van der Waals surface area (Å²) >= 11 is 0. The standard InChI is InChI=1S/C21H28N2O2/c1-3-11-23-12-9-16(10-13-23)21(24)22-15-18-6-4-5-17-14-19(25-2)7-8-20(17)18/h1,7-8,14,16,18H,4-6,9-13,15H2,2H3,(H,22,24)/t18-/m0/s1. The molecule has 0 aromatic heterocycles. The second-order valence-electron chi connectivity index (χ2n) is 7.15. The molecule has 3 rings (SSSR count). The number of carbonyl (C=O) groups excluding carboxylic acids is 1. The molecule has 1 aliphatic heterocycles. The topological polar surface area (TPSA) is 41.6 Å². The Hall–Kier alpha value is -1.99. The Kier molecular flexibility index (Phi) is 5.99. The number of fused-ring (bicyclic) bond motifs is 1. The summed E-state index contributed by atoms with van der Waals surface area (Å²) < 4.78 is 5.33. The van der Waals surface area contributed by atoms with Crippen LogP contribution >= 0.6 is 0 Å². The van der Waals surface area contributed by atoms with Crippen molar-refractivity contribution in [1.29, 1.82) is 0 Å². The first-order chi connectivity index (χ1) is 12.2. The number of likely N-dealkylation sites (tertiary alicyclic amines) is 1. The highest BCUT2D eigenvalue weighted by atomic mass is 16.5. The van der Waals surface area contributed by atoms with Crippen molar-refractivity contribution in [3.8, 4) is 18.1 Å². The van der Waals surface area contributed by atoms with Crippen molar-refractivity contribution >= 4 is 5.91 Å². The minimum Gasteiger partial charge on any atom is -0.497 e. The number of carbonyl (C=O) groups is 1. The third-order valence-corrected chi connectivity index (χ3v) is 5.58. The normalized spacial score (nSPS) is 21.2. The second kappa shape index (κ2) is 8.40. The Morgan fingerprint density at radius 2 is 2.16 bits per heavy atom. The van der Waals surface area contributed by atoms with Gasteiger partial charge in [-0.25, -0.2) is 0 Å². The lowest BCUT2D eigenvalue weighted by atomic mass is 9.82. The van der Waals surface area contributed by atoms with Gasteiger partial charge in [0.2, 0.25) is 5.91 Å². The molecule has 1 atom stereocenters. The molecule has 0 spiro atoms. The van der Waals surface area contributed by atoms with E-state index in [4.69, 9.17) is 11.2 Å². The molecular weight excluding hydrogens is 312 g/mol. The second-order valence-corrected chi connectivity index (χ2v) is 7.15. The molecule has 1 amide bonds. The molecule has 1 N–H and O–H groups in total. The number of piperidine rings is 1. The third kappa shape index (κ3) is 4.35. The first-order valence-corrected chi connectivity index (χ1v) is 9.31. The van der Waals surface area contributed by atoms with Crippen molar-refractivity contribution < 1.29 is 9.53 Å². The highest BCUT2D eigenvalue weighted by Crippen LogP contribution is 2.33. The number of ether oxygens (including phenoxy) is 1. The van der Waals surface area contributed by atoms with Crippen LogP contribution in [0.25, 0.3) is 0 Å². The molecule has 25 heavy (non-hydrogen) atoms. The Morgan fingerprint density at radius 3 is 2.88 bits per heavy atom. The van der Waals surface area contributed by atoms with E-state index in [1.807, 2.05) is 6.07 Å². The summed E-state index contributed by atoms with van der Waals surface area (Å²) in [5.74, 6) is 4.36. The fraction of sp³-hybridized carbons (Fsp3) is 0.571. The number of rotatable bonds is 5. The zero-order chi connectivity index (χ0) is 17.6. The number of hydrogen-bond donors (Lipinski definition) is 1. The summed E-state index contributed by atoms with van der Waals surface area (Å²) in [4.78, 5) is 14.8. The van der Waals surface area contributed by atoms with Gasteiger partial charge in [0.05, 0.1) is 13.7 Å². The first kappa shape index (κ1) is 17.8. The van der Waals surface area contributed by atoms with E-state index >= 15 is 0 Å². The number of aryl methyl sites for hydroxylation is 1. The van der Waals surface area contributed by atoms with Crippen molar-refractivity contribution in [2.45, 2.75) is 38.0 Å². The SMILES string of the molecule is C#CCN1CCC(C(=O)NC[C@@H]2CCCc3cc(OC)ccc32)CC1. The van der Waals surface area contributed by atoms with E-state index in [1.54, 1.807) is 7.11 Å². The molecule has 4 nitrogen and oxygen atoms in total. The van der Waals surface area contributed by atoms with Gasteiger partial charge in [-0.1, -0.05) is 12.0 Å². The van der Waals surface area contributed by atoms with Crippen molar-refractivity contribution in [2.24, 2.45) is 5.92 Å². The van der Waals surface area contributed by atoms with Gasteiger partial charge >= 0.3 is 0 Å². The molecule has 1 saturated heterocycles. The van der Waals surface area contributed by atoms with E-state index in [0.717, 1.165) is 51.1 Å². The van der Waals surface area contributed by atoms with Gasteiger partial charge in [0.1, 0.15) is 5.75 Å². The van der Waals surface area contributed by atoms with E-state index in [1.165, 1.54) is 17.5 Å². The maximum atomic E-state index is 12.5. The van der Waals surface area contributed by atoms with E-state index < -0.39 is 0 Å². The molecule has 134 valence electrons. The number of terminal acetylenes is 1. The number of methoxy groups -OCH3 is 1. The average molecular weight is 340 g/mol. The van der Waals surface area contributed by atoms with E-state index in [0.29, 0.717) is 12.5 Å². The summed E-state index contributed by atoms with van der Waals surface area (Å²) in [6.45, 7) is 3.28. The van der Waals surface area contributed by atoms with Crippen LogP contribution in [0.1, 0.15) is 42.7 Å². The largest absolute Gasteiger partial charge is 0.497 e. The Bertz CT molecular complexity index is 642. The van der Waals surface area contributed by atoms with Crippen LogP contribution in [0.2, 0.25) is 0 Å². The zero-order valence-electron chi connectivity index (χ0n) is 15.1. The van der Waals surface area contributed by atoms with Gasteiger partial charge in [0, 0.05) is 18.4 Å². The number of hydrogen-bond acceptors (Lipinski definition) is 3. The van der Waals surface area contributed by atoms with Crippen LogP contribution in [0.15, 0.2) is 18.2 Å². The fourth-order valence-corrected chi connectivity index (χ4v) is 4.08. The molecule has 0 saturated carbocycles. The summed E-state index contributed by atoms with van der Waals surface area (Å²) in [6.07, 6.45) is 10.6. The van der Waals surface area contributed by atoms with Crippen LogP contribution in [0.3, 0.4) is 0 Å². The maximum Gasteiger partial charge on any atom is 0.223 e. The fourth-order valence-electron chi connectivity index (χ4n) is 4.08. The number of amides is 1. The van der Waals surface area contributed by atoms with Gasteiger partial charge in [-0.3, -0.25) is 9.69 Å². The van der Waals surface area contributed by atoms with Crippen LogP contribution in [0, 0.1) is 18.3 Å². The van der Waals surface area contributed by atoms with E-state index in [9.17, 15) is 4.79 Å². The summed E-state index contributed by atoms with van der Waals surface area (Å²) in [6, 6.07) is 6.34. The molecule has 0 radical (unpaired) electrons. The molecule has 1 aromatic carbocycles. The molecule has 1 aromatic rings. The molecule has 1 heterocycles. The van der Waals surface area contributed by atoms with Crippen LogP contribution in [-0.2, 0) is 11.2 Å². The van der Waals surface area contributed by atoms with E-state index in [-0.39, 0.29) is 11.8 Å². The number of nitrogens with one attached hydrogen (secondary N) is 1. The van der Waals surface area contributed by atoms with Gasteiger partial charge < -0.3 is 10.1 Å². The van der Waals surface area contributed by atoms with Crippen molar-refractivity contribution in [3.63, 3.8) is 0 Å². The molecule has 0 unspecified atom stereocenters. The lowest BCUT2D eigenvalue weighted by Gasteiger charge is -2.31. The lowest BCUT2D eigenvalue weighted by Crippen LogP contribution is -2.41. The monoisotopic (exact) mass is 340 g/mol. The first-order valence-electron chi connectivity index (χ1n) is 9.31. The minimum absolute atomic E-state index is 0.132. The predicted octanol–water partition coefficient (Wildman–Crippen LogP) is 2.58. The Morgan fingerprint density at radius 1 is 1.36 bits per heavy atom. The molecule has 4 heteroatoms. The maximum absolute atomic E-state index is 12.5. The van der Waals surface area contributed by atoms with Crippen LogP contribution < -0.4 is 10.1 Å². The van der Waals surface area contributed by atoms with E-state index in [2.05, 4.69) is 28.3 Å². The summed E-state index contributed by atoms with van der Waals surface area (Å²) in [5, 5.41) is 3.21. The van der Waals surface area contributed by atoms with Crippen LogP contribution in [-0.4, -0.2) is 44.1 Å². The minimum atomic E-state index is 0.132. The van der Waals surface area contributed by atoms with Crippen molar-refractivity contribution in [2.75, 3.05) is 33.3 Å². The van der Waals surface area contributed by atoms with Gasteiger partial charge in [-0.15, -0.1) is 6.42 Å². The van der Waals surface area contributed by atoms with Gasteiger partial charge in [0.25, 0.3) is 0 Å². The molecule has 1 aliphatic carbocycles. The molecule has 2 aliphatic rings. The molecular formula is C21H28N2O2. The number of nitrogens with zero attached hydrogens (tertiary/aromatic N) is 1. The lowest BCUT2D eigenvalue weighted by molar-refractivity contribution is -0.126. The molecule has 1 fully saturated rings. The van der Waals surface area contributed by atoms with Gasteiger partial charge in [0.15, 0.2) is 0 Å². The Balaban J connectivity index is 1.53. The predicted molar refractivity (Wildman–Crippen MR) is 99.7 cm³/mol. The quantitative estimate of drug-likeness (QED) is 0.838. The third-order valence-electron chi connectivity index (χ3n) is 5.58. The Labute approximate surface area is 150 Å². The summed E-state index contributed by atoms with van der Waals surface area (Å²) in [7, 11) is 1.71. The van der Waals surface area contributed by atoms with Crippen molar-refractivity contribution in [1.82, 2.24) is 10.2 Å². The van der Waals surface area contributed by atoms with Crippen LogP contribution in [0.5, 0.6) is 5.75 Å². The number of benzene rings is 1. The summed E-state index contributed by atoms with van der Waals surface area (Å²) in [5.41, 5.74) is 2.74. The van der Waals surface area contributed by atoms with Crippen molar-refractivity contribution in [3.05, 3.63) is 29.3 Å².